The molecule has 4 heteroatoms. The largest absolute Gasteiger partial charge is 0.345 e. The first-order valence-corrected chi connectivity index (χ1v) is 8.36. The Morgan fingerprint density at radius 3 is 2.90 bits per heavy atom. The van der Waals surface area contributed by atoms with Crippen LogP contribution in [0.25, 0.3) is 0 Å². The van der Waals surface area contributed by atoms with Crippen LogP contribution in [0.1, 0.15) is 22.5 Å². The third-order valence-corrected chi connectivity index (χ3v) is 5.45. The molecule has 0 spiro atoms. The van der Waals surface area contributed by atoms with Crippen molar-refractivity contribution >= 4 is 11.3 Å². The standard InChI is InChI=1S/C16H21N3S/c1-17-6-7-19-15(9-17)2-3-16(19)10-18-5-4-13-11-20-12-14(13)8-18/h2-3,11-12H,4-10H2,1H3. The number of thiophene rings is 1. The van der Waals surface area contributed by atoms with E-state index in [4.69, 9.17) is 0 Å². The lowest BCUT2D eigenvalue weighted by Crippen LogP contribution is -2.33. The van der Waals surface area contributed by atoms with Crippen molar-refractivity contribution in [2.45, 2.75) is 32.6 Å². The second-order valence-electron chi connectivity index (χ2n) is 6.09. The molecule has 20 heavy (non-hydrogen) atoms. The molecule has 4 heterocycles. The minimum atomic E-state index is 1.09. The van der Waals surface area contributed by atoms with E-state index in [0.717, 1.165) is 26.2 Å². The number of likely N-dealkylation sites (N-methyl/N-ethyl adjacent to an activating group) is 1. The molecule has 0 saturated carbocycles. The molecule has 106 valence electrons. The van der Waals surface area contributed by atoms with Crippen LogP contribution in [-0.4, -0.2) is 34.5 Å². The molecule has 2 aromatic rings. The summed E-state index contributed by atoms with van der Waals surface area (Å²) >= 11 is 1.85. The van der Waals surface area contributed by atoms with E-state index >= 15 is 0 Å². The molecular formula is C16H21N3S. The van der Waals surface area contributed by atoms with E-state index in [1.165, 1.54) is 30.9 Å². The molecule has 0 N–H and O–H groups in total. The Labute approximate surface area is 124 Å². The molecule has 0 saturated heterocycles. The fourth-order valence-electron chi connectivity index (χ4n) is 3.42. The van der Waals surface area contributed by atoms with E-state index in [-0.39, 0.29) is 0 Å². The molecule has 0 aliphatic carbocycles. The fourth-order valence-corrected chi connectivity index (χ4v) is 4.31. The summed E-state index contributed by atoms with van der Waals surface area (Å²) in [6.45, 7) is 6.83. The summed E-state index contributed by atoms with van der Waals surface area (Å²) in [6, 6.07) is 4.64. The van der Waals surface area contributed by atoms with E-state index in [2.05, 4.69) is 44.3 Å². The minimum Gasteiger partial charge on any atom is -0.345 e. The van der Waals surface area contributed by atoms with Crippen LogP contribution >= 0.6 is 11.3 Å². The van der Waals surface area contributed by atoms with Gasteiger partial charge in [0.25, 0.3) is 0 Å². The van der Waals surface area contributed by atoms with Gasteiger partial charge in [-0.2, -0.15) is 11.3 Å². The van der Waals surface area contributed by atoms with Crippen molar-refractivity contribution < 1.29 is 0 Å². The predicted octanol–water partition coefficient (Wildman–Crippen LogP) is 2.55. The first-order valence-electron chi connectivity index (χ1n) is 7.42. The molecule has 3 nitrogen and oxygen atoms in total. The Bertz CT molecular complexity index is 613. The van der Waals surface area contributed by atoms with E-state index in [1.54, 1.807) is 11.1 Å². The third-order valence-electron chi connectivity index (χ3n) is 4.61. The van der Waals surface area contributed by atoms with Crippen molar-refractivity contribution in [3.8, 4) is 0 Å². The van der Waals surface area contributed by atoms with Crippen LogP contribution in [0.3, 0.4) is 0 Å². The second kappa shape index (κ2) is 5.02. The van der Waals surface area contributed by atoms with Gasteiger partial charge in [-0.15, -0.1) is 0 Å². The predicted molar refractivity (Wildman–Crippen MR) is 82.9 cm³/mol. The minimum absolute atomic E-state index is 1.09. The Morgan fingerprint density at radius 2 is 1.95 bits per heavy atom. The first kappa shape index (κ1) is 12.6. The van der Waals surface area contributed by atoms with Gasteiger partial charge in [-0.05, 0) is 47.5 Å². The molecular weight excluding hydrogens is 266 g/mol. The van der Waals surface area contributed by atoms with Crippen molar-refractivity contribution in [1.29, 1.82) is 0 Å². The van der Waals surface area contributed by atoms with Crippen LogP contribution in [-0.2, 0) is 32.6 Å². The molecule has 4 rings (SSSR count). The Hall–Kier alpha value is -1.10. The summed E-state index contributed by atoms with van der Waals surface area (Å²) < 4.78 is 2.53. The topological polar surface area (TPSA) is 11.4 Å². The van der Waals surface area contributed by atoms with Gasteiger partial charge >= 0.3 is 0 Å². The van der Waals surface area contributed by atoms with Crippen molar-refractivity contribution in [1.82, 2.24) is 14.4 Å². The van der Waals surface area contributed by atoms with E-state index in [0.29, 0.717) is 0 Å². The zero-order valence-corrected chi connectivity index (χ0v) is 12.8. The summed E-state index contributed by atoms with van der Waals surface area (Å²) in [5.41, 5.74) is 6.09. The van der Waals surface area contributed by atoms with Crippen molar-refractivity contribution in [3.63, 3.8) is 0 Å². The number of rotatable bonds is 2. The highest BCUT2D eigenvalue weighted by atomic mass is 32.1. The Kier molecular flexibility index (Phi) is 3.17. The molecule has 0 unspecified atom stereocenters. The molecule has 2 aliphatic heterocycles. The summed E-state index contributed by atoms with van der Waals surface area (Å²) in [5.74, 6) is 0. The van der Waals surface area contributed by atoms with Gasteiger partial charge in [-0.25, -0.2) is 0 Å². The van der Waals surface area contributed by atoms with Gasteiger partial charge < -0.3 is 4.57 Å². The van der Waals surface area contributed by atoms with Gasteiger partial charge in [0.1, 0.15) is 0 Å². The molecule has 0 bridgehead atoms. The van der Waals surface area contributed by atoms with Crippen LogP contribution in [0.2, 0.25) is 0 Å². The molecule has 0 radical (unpaired) electrons. The number of aromatic nitrogens is 1. The maximum atomic E-state index is 2.59. The monoisotopic (exact) mass is 287 g/mol. The lowest BCUT2D eigenvalue weighted by atomic mass is 10.1. The summed E-state index contributed by atoms with van der Waals surface area (Å²) in [7, 11) is 2.21. The SMILES string of the molecule is CN1CCn2c(ccc2CN2CCc3cscc3C2)C1. The molecule has 0 amide bonds. The molecule has 0 atom stereocenters. The average Bonchev–Trinajstić information content (AvgIpc) is 3.05. The zero-order valence-electron chi connectivity index (χ0n) is 12.0. The molecule has 2 aromatic heterocycles. The lowest BCUT2D eigenvalue weighted by molar-refractivity contribution is 0.228. The number of nitrogens with zero attached hydrogens (tertiary/aromatic N) is 3. The fraction of sp³-hybridized carbons (Fsp3) is 0.500. The molecule has 0 fully saturated rings. The number of hydrogen-bond donors (Lipinski definition) is 0. The number of hydrogen-bond acceptors (Lipinski definition) is 3. The van der Waals surface area contributed by atoms with Crippen LogP contribution in [0.4, 0.5) is 0 Å². The normalized spacial score (nSPS) is 19.9. The summed E-state index contributed by atoms with van der Waals surface area (Å²) in [4.78, 5) is 4.99. The maximum absolute atomic E-state index is 2.59. The van der Waals surface area contributed by atoms with Gasteiger partial charge in [0.05, 0.1) is 0 Å². The highest BCUT2D eigenvalue weighted by Gasteiger charge is 2.20. The van der Waals surface area contributed by atoms with Crippen molar-refractivity contribution in [3.05, 3.63) is 45.4 Å². The van der Waals surface area contributed by atoms with E-state index in [9.17, 15) is 0 Å². The highest BCUT2D eigenvalue weighted by Crippen LogP contribution is 2.25. The third kappa shape index (κ3) is 2.22. The van der Waals surface area contributed by atoms with E-state index in [1.807, 2.05) is 11.3 Å². The van der Waals surface area contributed by atoms with Gasteiger partial charge in [0.2, 0.25) is 0 Å². The molecule has 2 aliphatic rings. The molecule has 0 aromatic carbocycles. The highest BCUT2D eigenvalue weighted by molar-refractivity contribution is 7.08. The Balaban J connectivity index is 1.51. The van der Waals surface area contributed by atoms with Crippen LogP contribution < -0.4 is 0 Å². The van der Waals surface area contributed by atoms with Gasteiger partial charge in [0, 0.05) is 50.7 Å². The van der Waals surface area contributed by atoms with Gasteiger partial charge in [-0.3, -0.25) is 9.80 Å². The summed E-state index contributed by atoms with van der Waals surface area (Å²) in [6.07, 6.45) is 1.22. The van der Waals surface area contributed by atoms with Crippen LogP contribution in [0, 0.1) is 0 Å². The van der Waals surface area contributed by atoms with Crippen LogP contribution in [0.15, 0.2) is 22.9 Å². The van der Waals surface area contributed by atoms with Crippen molar-refractivity contribution in [2.24, 2.45) is 0 Å². The number of fused-ring (bicyclic) bond motifs is 2. The van der Waals surface area contributed by atoms with Gasteiger partial charge in [0.15, 0.2) is 0 Å². The maximum Gasteiger partial charge on any atom is 0.0390 e. The average molecular weight is 287 g/mol. The van der Waals surface area contributed by atoms with Crippen LogP contribution in [0.5, 0.6) is 0 Å². The Morgan fingerprint density at radius 1 is 1.05 bits per heavy atom. The van der Waals surface area contributed by atoms with Gasteiger partial charge in [-0.1, -0.05) is 0 Å². The van der Waals surface area contributed by atoms with E-state index < -0.39 is 0 Å². The van der Waals surface area contributed by atoms with Crippen molar-refractivity contribution in [2.75, 3.05) is 20.1 Å². The summed E-state index contributed by atoms with van der Waals surface area (Å²) in [5, 5.41) is 4.64. The quantitative estimate of drug-likeness (QED) is 0.841. The smallest absolute Gasteiger partial charge is 0.0390 e. The second-order valence-corrected chi connectivity index (χ2v) is 6.83. The lowest BCUT2D eigenvalue weighted by Gasteiger charge is -2.30. The first-order chi connectivity index (χ1) is 9.79. The zero-order chi connectivity index (χ0) is 13.5.